The number of benzene rings is 2. The molecule has 0 spiro atoms. The molecule has 0 saturated carbocycles. The number of fused-ring (bicyclic) bond motifs is 2. The monoisotopic (exact) mass is 369 g/mol. The Balaban J connectivity index is 1.37. The molecule has 3 heterocycles. The molecule has 0 atom stereocenters. The van der Waals surface area contributed by atoms with Gasteiger partial charge >= 0.3 is 0 Å². The molecule has 1 aliphatic rings. The summed E-state index contributed by atoms with van der Waals surface area (Å²) in [5.74, 6) is 0.779. The minimum absolute atomic E-state index is 0.755. The van der Waals surface area contributed by atoms with Crippen molar-refractivity contribution in [1.82, 2.24) is 19.4 Å². The van der Waals surface area contributed by atoms with Crippen LogP contribution >= 0.6 is 0 Å². The first-order valence-corrected chi connectivity index (χ1v) is 9.63. The van der Waals surface area contributed by atoms with Crippen LogP contribution in [-0.2, 0) is 26.6 Å². The van der Waals surface area contributed by atoms with E-state index in [1.165, 1.54) is 22.0 Å². The summed E-state index contributed by atoms with van der Waals surface area (Å²) in [6.07, 6.45) is 5.19. The fourth-order valence-corrected chi connectivity index (χ4v) is 4.07. The largest absolute Gasteiger partial charge is 0.399 e. The number of nitrogens with two attached hydrogens (primary N) is 1. The van der Waals surface area contributed by atoms with E-state index < -0.39 is 0 Å². The number of rotatable bonds is 3. The van der Waals surface area contributed by atoms with E-state index in [1.54, 1.807) is 0 Å². The molecule has 4 aromatic rings. The number of aryl methyl sites for hydroxylation is 1. The smallest absolute Gasteiger partial charge is 0.159 e. The van der Waals surface area contributed by atoms with E-state index in [0.717, 1.165) is 48.8 Å². The van der Waals surface area contributed by atoms with Crippen molar-refractivity contribution in [3.05, 3.63) is 77.7 Å². The Labute approximate surface area is 164 Å². The molecule has 28 heavy (non-hydrogen) atoms. The lowest BCUT2D eigenvalue weighted by Gasteiger charge is -2.28. The van der Waals surface area contributed by atoms with Gasteiger partial charge in [0.15, 0.2) is 5.82 Å². The quantitative estimate of drug-likeness (QED) is 0.559. The number of nitrogen functional groups attached to an aromatic ring is 1. The Morgan fingerprint density at radius 3 is 2.75 bits per heavy atom. The molecule has 5 nitrogen and oxygen atoms in total. The molecule has 0 aliphatic carbocycles. The minimum atomic E-state index is 0.755. The molecule has 5 heteroatoms. The van der Waals surface area contributed by atoms with E-state index >= 15 is 0 Å². The van der Waals surface area contributed by atoms with Crippen LogP contribution in [0.15, 0.2) is 60.9 Å². The van der Waals surface area contributed by atoms with Crippen molar-refractivity contribution in [2.24, 2.45) is 7.05 Å². The number of hydrogen-bond acceptors (Lipinski definition) is 4. The highest BCUT2D eigenvalue weighted by Crippen LogP contribution is 2.26. The first-order valence-electron chi connectivity index (χ1n) is 9.63. The van der Waals surface area contributed by atoms with Crippen LogP contribution in [0.4, 0.5) is 5.69 Å². The summed E-state index contributed by atoms with van der Waals surface area (Å²) in [6, 6.07) is 16.3. The zero-order chi connectivity index (χ0) is 19.1. The van der Waals surface area contributed by atoms with E-state index in [4.69, 9.17) is 10.7 Å². The Morgan fingerprint density at radius 2 is 1.89 bits per heavy atom. The second-order valence-electron chi connectivity index (χ2n) is 7.53. The van der Waals surface area contributed by atoms with Crippen LogP contribution in [0.1, 0.15) is 16.8 Å². The van der Waals surface area contributed by atoms with Crippen LogP contribution in [0.25, 0.3) is 22.3 Å². The van der Waals surface area contributed by atoms with Crippen molar-refractivity contribution in [3.8, 4) is 11.4 Å². The second-order valence-corrected chi connectivity index (χ2v) is 7.53. The number of hydrogen-bond donors (Lipinski definition) is 1. The predicted octanol–water partition coefficient (Wildman–Crippen LogP) is 3.78. The van der Waals surface area contributed by atoms with Gasteiger partial charge in [-0.2, -0.15) is 0 Å². The van der Waals surface area contributed by atoms with Gasteiger partial charge in [-0.1, -0.05) is 18.2 Å². The molecule has 0 amide bonds. The summed E-state index contributed by atoms with van der Waals surface area (Å²) in [5, 5.41) is 1.34. The average molecular weight is 369 g/mol. The van der Waals surface area contributed by atoms with Crippen molar-refractivity contribution in [2.45, 2.75) is 19.5 Å². The van der Waals surface area contributed by atoms with Crippen LogP contribution in [0.2, 0.25) is 0 Å². The van der Waals surface area contributed by atoms with E-state index in [1.807, 2.05) is 30.5 Å². The van der Waals surface area contributed by atoms with Crippen LogP contribution in [0.5, 0.6) is 0 Å². The minimum Gasteiger partial charge on any atom is -0.399 e. The third kappa shape index (κ3) is 3.04. The third-order valence-electron chi connectivity index (χ3n) is 5.56. The standard InChI is InChI=1S/C23H23N5/c1-27-13-18(20-4-2-3-5-22(20)27)15-28-11-10-21-17(14-28)12-25-23(26-21)16-6-8-19(24)9-7-16/h2-9,12-13H,10-11,14-15,24H2,1H3. The van der Waals surface area contributed by atoms with Gasteiger partial charge in [0.05, 0.1) is 5.69 Å². The van der Waals surface area contributed by atoms with Gasteiger partial charge in [0.1, 0.15) is 0 Å². The molecular weight excluding hydrogens is 346 g/mol. The van der Waals surface area contributed by atoms with Crippen LogP contribution < -0.4 is 5.73 Å². The normalized spacial score (nSPS) is 14.3. The number of para-hydroxylation sites is 1. The van der Waals surface area contributed by atoms with Crippen LogP contribution in [-0.4, -0.2) is 26.0 Å². The molecule has 2 N–H and O–H groups in total. The summed E-state index contributed by atoms with van der Waals surface area (Å²) in [5.41, 5.74) is 12.6. The fourth-order valence-electron chi connectivity index (χ4n) is 4.07. The van der Waals surface area contributed by atoms with Crippen molar-refractivity contribution in [1.29, 1.82) is 0 Å². The fraction of sp³-hybridized carbons (Fsp3) is 0.217. The Bertz CT molecular complexity index is 1140. The van der Waals surface area contributed by atoms with Crippen molar-refractivity contribution in [2.75, 3.05) is 12.3 Å². The van der Waals surface area contributed by atoms with Gasteiger partial charge in [0.25, 0.3) is 0 Å². The summed E-state index contributed by atoms with van der Waals surface area (Å²) in [4.78, 5) is 11.9. The Hall–Kier alpha value is -3.18. The van der Waals surface area contributed by atoms with E-state index in [2.05, 4.69) is 52.0 Å². The highest BCUT2D eigenvalue weighted by molar-refractivity contribution is 5.83. The molecular formula is C23H23N5. The molecule has 2 aromatic carbocycles. The van der Waals surface area contributed by atoms with Gasteiger partial charge in [-0.05, 0) is 35.9 Å². The Kier molecular flexibility index (Phi) is 4.10. The number of anilines is 1. The number of nitrogens with zero attached hydrogens (tertiary/aromatic N) is 4. The van der Waals surface area contributed by atoms with Gasteiger partial charge in [-0.15, -0.1) is 0 Å². The maximum absolute atomic E-state index is 5.78. The first-order chi connectivity index (χ1) is 13.7. The van der Waals surface area contributed by atoms with E-state index in [9.17, 15) is 0 Å². The molecule has 0 unspecified atom stereocenters. The molecule has 1 aliphatic heterocycles. The second kappa shape index (κ2) is 6.77. The van der Waals surface area contributed by atoms with Gasteiger partial charge in [0, 0.05) is 73.2 Å². The summed E-state index contributed by atoms with van der Waals surface area (Å²) in [7, 11) is 2.11. The predicted molar refractivity (Wildman–Crippen MR) is 113 cm³/mol. The summed E-state index contributed by atoms with van der Waals surface area (Å²) < 4.78 is 2.21. The summed E-state index contributed by atoms with van der Waals surface area (Å²) >= 11 is 0. The molecule has 0 fully saturated rings. The lowest BCUT2D eigenvalue weighted by Crippen LogP contribution is -2.30. The van der Waals surface area contributed by atoms with Crippen molar-refractivity contribution < 1.29 is 0 Å². The number of aromatic nitrogens is 3. The van der Waals surface area contributed by atoms with Gasteiger partial charge in [-0.25, -0.2) is 9.97 Å². The highest BCUT2D eigenvalue weighted by atomic mass is 15.1. The van der Waals surface area contributed by atoms with Gasteiger partial charge in [-0.3, -0.25) is 4.90 Å². The molecule has 0 radical (unpaired) electrons. The zero-order valence-electron chi connectivity index (χ0n) is 16.0. The zero-order valence-corrected chi connectivity index (χ0v) is 16.0. The molecule has 140 valence electrons. The van der Waals surface area contributed by atoms with Gasteiger partial charge < -0.3 is 10.3 Å². The average Bonchev–Trinajstić information content (AvgIpc) is 3.04. The van der Waals surface area contributed by atoms with E-state index in [0.29, 0.717) is 0 Å². The Morgan fingerprint density at radius 1 is 1.07 bits per heavy atom. The maximum atomic E-state index is 5.78. The molecule has 2 aromatic heterocycles. The van der Waals surface area contributed by atoms with Crippen molar-refractivity contribution >= 4 is 16.6 Å². The SMILES string of the molecule is Cn1cc(CN2CCc3nc(-c4ccc(N)cc4)ncc3C2)c2ccccc21. The topological polar surface area (TPSA) is 60.0 Å². The summed E-state index contributed by atoms with van der Waals surface area (Å²) in [6.45, 7) is 2.84. The van der Waals surface area contributed by atoms with Crippen molar-refractivity contribution in [3.63, 3.8) is 0 Å². The lowest BCUT2D eigenvalue weighted by atomic mass is 10.1. The highest BCUT2D eigenvalue weighted by Gasteiger charge is 2.20. The van der Waals surface area contributed by atoms with Crippen LogP contribution in [0.3, 0.4) is 0 Å². The lowest BCUT2D eigenvalue weighted by molar-refractivity contribution is 0.243. The van der Waals surface area contributed by atoms with Gasteiger partial charge in [0.2, 0.25) is 0 Å². The molecule has 5 rings (SSSR count). The van der Waals surface area contributed by atoms with E-state index in [-0.39, 0.29) is 0 Å². The first kappa shape index (κ1) is 17.0. The maximum Gasteiger partial charge on any atom is 0.159 e. The molecule has 0 bridgehead atoms. The third-order valence-corrected chi connectivity index (χ3v) is 5.56. The van der Waals surface area contributed by atoms with Crippen LogP contribution in [0, 0.1) is 0 Å². The molecule has 0 saturated heterocycles.